The molecule has 2 N–H and O–H groups in total. The Morgan fingerprint density at radius 3 is 2.24 bits per heavy atom. The molecule has 33 heavy (non-hydrogen) atoms. The van der Waals surface area contributed by atoms with Crippen molar-refractivity contribution in [1.29, 1.82) is 0 Å². The van der Waals surface area contributed by atoms with Crippen LogP contribution in [-0.4, -0.2) is 28.1 Å². The van der Waals surface area contributed by atoms with Crippen molar-refractivity contribution in [3.8, 4) is 16.9 Å². The summed E-state index contributed by atoms with van der Waals surface area (Å²) >= 11 is 0. The lowest BCUT2D eigenvalue weighted by atomic mass is 10.1. The molecule has 2 amide bonds. The second-order valence-electron chi connectivity index (χ2n) is 7.91. The van der Waals surface area contributed by atoms with Crippen molar-refractivity contribution < 1.29 is 9.59 Å². The van der Waals surface area contributed by atoms with Crippen LogP contribution in [0.15, 0.2) is 85.1 Å². The minimum Gasteiger partial charge on any atom is -0.350 e. The van der Waals surface area contributed by atoms with E-state index in [0.29, 0.717) is 12.1 Å². The molecule has 0 aliphatic heterocycles. The molecule has 4 rings (SSSR count). The van der Waals surface area contributed by atoms with Gasteiger partial charge in [0.1, 0.15) is 0 Å². The molecule has 1 heterocycles. The van der Waals surface area contributed by atoms with Crippen LogP contribution in [0.3, 0.4) is 0 Å². The summed E-state index contributed by atoms with van der Waals surface area (Å²) < 4.78 is 1.81. The van der Waals surface area contributed by atoms with Gasteiger partial charge in [-0.3, -0.25) is 9.59 Å². The maximum absolute atomic E-state index is 12.4. The third-order valence-corrected chi connectivity index (χ3v) is 5.51. The van der Waals surface area contributed by atoms with Gasteiger partial charge in [0, 0.05) is 29.4 Å². The lowest BCUT2D eigenvalue weighted by Gasteiger charge is -2.08. The number of aryl methyl sites for hydroxylation is 2. The molecule has 4 aromatic rings. The fraction of sp³-hybridized carbons (Fsp3) is 0.148. The molecule has 0 bridgehead atoms. The SMILES string of the molecule is Cc1ccc(C(=O)NCC(=O)NCc2cn(-c3ccccc3)nc2-c2ccccc2)cc1C. The van der Waals surface area contributed by atoms with E-state index in [-0.39, 0.29) is 18.4 Å². The lowest BCUT2D eigenvalue weighted by Crippen LogP contribution is -2.36. The summed E-state index contributed by atoms with van der Waals surface area (Å²) in [7, 11) is 0. The van der Waals surface area contributed by atoms with Crippen molar-refractivity contribution in [2.24, 2.45) is 0 Å². The Kier molecular flexibility index (Phi) is 6.64. The summed E-state index contributed by atoms with van der Waals surface area (Å²) in [6.45, 7) is 4.15. The fourth-order valence-corrected chi connectivity index (χ4v) is 3.49. The number of hydrogen-bond donors (Lipinski definition) is 2. The summed E-state index contributed by atoms with van der Waals surface area (Å²) in [5.41, 5.74) is 6.30. The van der Waals surface area contributed by atoms with E-state index in [4.69, 9.17) is 5.10 Å². The third kappa shape index (κ3) is 5.36. The van der Waals surface area contributed by atoms with E-state index in [0.717, 1.165) is 33.6 Å². The van der Waals surface area contributed by atoms with E-state index in [1.165, 1.54) is 0 Å². The zero-order valence-corrected chi connectivity index (χ0v) is 18.7. The number of nitrogens with zero attached hydrogens (tertiary/aromatic N) is 2. The van der Waals surface area contributed by atoms with Gasteiger partial charge in [-0.1, -0.05) is 54.6 Å². The van der Waals surface area contributed by atoms with Crippen LogP contribution in [0.1, 0.15) is 27.0 Å². The van der Waals surface area contributed by atoms with Gasteiger partial charge in [-0.05, 0) is 49.2 Å². The predicted molar refractivity (Wildman–Crippen MR) is 129 cm³/mol. The molecule has 6 heteroatoms. The maximum Gasteiger partial charge on any atom is 0.251 e. The van der Waals surface area contributed by atoms with Crippen molar-refractivity contribution in [3.63, 3.8) is 0 Å². The number of rotatable bonds is 7. The molecule has 0 fully saturated rings. The van der Waals surface area contributed by atoms with Gasteiger partial charge in [0.05, 0.1) is 17.9 Å². The molecule has 3 aromatic carbocycles. The summed E-state index contributed by atoms with van der Waals surface area (Å²) in [5.74, 6) is -0.534. The Morgan fingerprint density at radius 1 is 0.848 bits per heavy atom. The van der Waals surface area contributed by atoms with Crippen LogP contribution in [0.5, 0.6) is 0 Å². The minimum absolute atomic E-state index is 0.0980. The number of hydrogen-bond acceptors (Lipinski definition) is 3. The molecule has 0 aliphatic rings. The fourth-order valence-electron chi connectivity index (χ4n) is 3.49. The quantitative estimate of drug-likeness (QED) is 0.454. The monoisotopic (exact) mass is 438 g/mol. The van der Waals surface area contributed by atoms with Crippen LogP contribution in [-0.2, 0) is 11.3 Å². The first-order valence-electron chi connectivity index (χ1n) is 10.8. The first-order chi connectivity index (χ1) is 16.0. The molecule has 1 aromatic heterocycles. The second kappa shape index (κ2) is 9.96. The number of benzene rings is 3. The van der Waals surface area contributed by atoms with Crippen molar-refractivity contribution in [3.05, 3.63) is 107 Å². The topological polar surface area (TPSA) is 76.0 Å². The average molecular weight is 439 g/mol. The number of nitrogens with one attached hydrogen (secondary N) is 2. The predicted octanol–water partition coefficient (Wildman–Crippen LogP) is 4.20. The van der Waals surface area contributed by atoms with E-state index in [1.807, 2.05) is 97.5 Å². The van der Waals surface area contributed by atoms with E-state index in [2.05, 4.69) is 10.6 Å². The first-order valence-corrected chi connectivity index (χ1v) is 10.8. The molecule has 0 radical (unpaired) electrons. The van der Waals surface area contributed by atoms with E-state index < -0.39 is 0 Å². The van der Waals surface area contributed by atoms with Gasteiger partial charge in [-0.15, -0.1) is 0 Å². The van der Waals surface area contributed by atoms with Crippen molar-refractivity contribution in [1.82, 2.24) is 20.4 Å². The van der Waals surface area contributed by atoms with Crippen molar-refractivity contribution in [2.75, 3.05) is 6.54 Å². The number of amides is 2. The number of carbonyl (C=O) groups excluding carboxylic acids is 2. The molecule has 6 nitrogen and oxygen atoms in total. The molecule has 0 spiro atoms. The summed E-state index contributed by atoms with van der Waals surface area (Å²) in [6, 6.07) is 25.2. The third-order valence-electron chi connectivity index (χ3n) is 5.51. The molecule has 166 valence electrons. The highest BCUT2D eigenvalue weighted by Crippen LogP contribution is 2.23. The Bertz CT molecular complexity index is 1260. The standard InChI is InChI=1S/C27H26N4O2/c1-19-13-14-22(15-20(19)2)27(33)29-17-25(32)28-16-23-18-31(24-11-7-4-8-12-24)30-26(23)21-9-5-3-6-10-21/h3-15,18H,16-17H2,1-2H3,(H,28,32)(H,29,33). The van der Waals surface area contributed by atoms with Gasteiger partial charge in [0.15, 0.2) is 0 Å². The molecular formula is C27H26N4O2. The highest BCUT2D eigenvalue weighted by molar-refractivity contribution is 5.96. The summed E-state index contributed by atoms with van der Waals surface area (Å²) in [6.07, 6.45) is 1.92. The van der Waals surface area contributed by atoms with E-state index in [1.54, 1.807) is 6.07 Å². The molecule has 0 atom stereocenters. The summed E-state index contributed by atoms with van der Waals surface area (Å²) in [4.78, 5) is 24.8. The van der Waals surface area contributed by atoms with E-state index >= 15 is 0 Å². The second-order valence-corrected chi connectivity index (χ2v) is 7.91. The molecule has 0 unspecified atom stereocenters. The van der Waals surface area contributed by atoms with Gasteiger partial charge in [0.25, 0.3) is 5.91 Å². The van der Waals surface area contributed by atoms with Gasteiger partial charge >= 0.3 is 0 Å². The van der Waals surface area contributed by atoms with Crippen LogP contribution in [0.4, 0.5) is 0 Å². The molecule has 0 aliphatic carbocycles. The number of carbonyl (C=O) groups is 2. The van der Waals surface area contributed by atoms with Crippen LogP contribution < -0.4 is 10.6 Å². The van der Waals surface area contributed by atoms with Crippen molar-refractivity contribution >= 4 is 11.8 Å². The highest BCUT2D eigenvalue weighted by Gasteiger charge is 2.14. The zero-order chi connectivity index (χ0) is 23.2. The first kappa shape index (κ1) is 22.0. The van der Waals surface area contributed by atoms with Crippen LogP contribution in [0.25, 0.3) is 16.9 Å². The molecule has 0 saturated carbocycles. The van der Waals surface area contributed by atoms with Crippen LogP contribution >= 0.6 is 0 Å². The van der Waals surface area contributed by atoms with E-state index in [9.17, 15) is 9.59 Å². The molecule has 0 saturated heterocycles. The smallest absolute Gasteiger partial charge is 0.251 e. The molecular weight excluding hydrogens is 412 g/mol. The van der Waals surface area contributed by atoms with Crippen molar-refractivity contribution in [2.45, 2.75) is 20.4 Å². The van der Waals surface area contributed by atoms with Crippen LogP contribution in [0, 0.1) is 13.8 Å². The lowest BCUT2D eigenvalue weighted by molar-refractivity contribution is -0.120. The Morgan fingerprint density at radius 2 is 1.55 bits per heavy atom. The average Bonchev–Trinajstić information content (AvgIpc) is 3.28. The minimum atomic E-state index is -0.268. The Balaban J connectivity index is 1.43. The van der Waals surface area contributed by atoms with Gasteiger partial charge in [-0.25, -0.2) is 4.68 Å². The number of aromatic nitrogens is 2. The zero-order valence-electron chi connectivity index (χ0n) is 18.7. The van der Waals surface area contributed by atoms with Gasteiger partial charge in [0.2, 0.25) is 5.91 Å². The largest absolute Gasteiger partial charge is 0.350 e. The van der Waals surface area contributed by atoms with Crippen LogP contribution in [0.2, 0.25) is 0 Å². The van der Waals surface area contributed by atoms with Gasteiger partial charge in [-0.2, -0.15) is 5.10 Å². The Labute approximate surface area is 193 Å². The normalized spacial score (nSPS) is 10.6. The Hall–Kier alpha value is -4.19. The highest BCUT2D eigenvalue weighted by atomic mass is 16.2. The number of para-hydroxylation sites is 1. The maximum atomic E-state index is 12.4. The summed E-state index contributed by atoms with van der Waals surface area (Å²) in [5, 5.41) is 10.3. The van der Waals surface area contributed by atoms with Gasteiger partial charge < -0.3 is 10.6 Å².